The Morgan fingerprint density at radius 3 is 2.76 bits per heavy atom. The van der Waals surface area contributed by atoms with E-state index >= 15 is 0 Å². The summed E-state index contributed by atoms with van der Waals surface area (Å²) in [5.41, 5.74) is 1.41. The summed E-state index contributed by atoms with van der Waals surface area (Å²) in [6.07, 6.45) is 9.08. The Labute approximate surface area is 127 Å². The summed E-state index contributed by atoms with van der Waals surface area (Å²) in [5, 5.41) is 0. The van der Waals surface area contributed by atoms with Gasteiger partial charge in [0, 0.05) is 18.3 Å². The van der Waals surface area contributed by atoms with Crippen LogP contribution in [0.3, 0.4) is 0 Å². The van der Waals surface area contributed by atoms with Crippen molar-refractivity contribution in [3.05, 3.63) is 11.6 Å². The highest BCUT2D eigenvalue weighted by Gasteiger charge is 2.57. The second kappa shape index (κ2) is 4.54. The van der Waals surface area contributed by atoms with E-state index in [1.807, 2.05) is 6.08 Å². The first-order valence-electron chi connectivity index (χ1n) is 8.77. The largest absolute Gasteiger partial charge is 0.299 e. The summed E-state index contributed by atoms with van der Waals surface area (Å²) < 4.78 is 0. The fraction of sp³-hybridized carbons (Fsp3) is 0.789. The molecule has 3 fully saturated rings. The summed E-state index contributed by atoms with van der Waals surface area (Å²) in [4.78, 5) is 24.1. The number of hydrogen-bond acceptors (Lipinski definition) is 2. The highest BCUT2D eigenvalue weighted by atomic mass is 16.1. The van der Waals surface area contributed by atoms with Gasteiger partial charge in [0.1, 0.15) is 5.78 Å². The molecule has 2 nitrogen and oxygen atoms in total. The lowest BCUT2D eigenvalue weighted by Gasteiger charge is -2.54. The maximum absolute atomic E-state index is 12.4. The van der Waals surface area contributed by atoms with Gasteiger partial charge < -0.3 is 0 Å². The molecule has 21 heavy (non-hydrogen) atoms. The Balaban J connectivity index is 1.70. The van der Waals surface area contributed by atoms with Crippen LogP contribution in [0, 0.1) is 35.0 Å². The number of allylic oxidation sites excluding steroid dienone is 1. The van der Waals surface area contributed by atoms with Gasteiger partial charge in [0.2, 0.25) is 0 Å². The van der Waals surface area contributed by atoms with Crippen LogP contribution in [0.1, 0.15) is 58.8 Å². The van der Waals surface area contributed by atoms with Crippen LogP contribution in [0.15, 0.2) is 11.6 Å². The summed E-state index contributed by atoms with van der Waals surface area (Å²) in [7, 11) is 0. The Kier molecular flexibility index (Phi) is 2.96. The van der Waals surface area contributed by atoms with Crippen molar-refractivity contribution in [2.75, 3.05) is 0 Å². The zero-order chi connectivity index (χ0) is 14.8. The number of carbonyl (C=O) groups excluding carboxylic acids is 2. The van der Waals surface area contributed by atoms with Crippen LogP contribution in [0.25, 0.3) is 0 Å². The number of hydrogen-bond donors (Lipinski definition) is 0. The minimum absolute atomic E-state index is 0.0267. The van der Waals surface area contributed by atoms with E-state index in [4.69, 9.17) is 0 Å². The highest BCUT2D eigenvalue weighted by molar-refractivity contribution is 5.91. The van der Waals surface area contributed by atoms with E-state index in [0.29, 0.717) is 35.2 Å². The first-order chi connectivity index (χ1) is 10.0. The first kappa shape index (κ1) is 13.7. The van der Waals surface area contributed by atoms with Gasteiger partial charge in [0.15, 0.2) is 5.78 Å². The lowest BCUT2D eigenvalue weighted by Crippen LogP contribution is -2.49. The van der Waals surface area contributed by atoms with Gasteiger partial charge in [0.05, 0.1) is 0 Å². The monoisotopic (exact) mass is 286 g/mol. The molecular weight excluding hydrogens is 260 g/mol. The van der Waals surface area contributed by atoms with Crippen LogP contribution in [0.4, 0.5) is 0 Å². The molecule has 0 radical (unpaired) electrons. The smallest absolute Gasteiger partial charge is 0.155 e. The van der Waals surface area contributed by atoms with E-state index in [1.165, 1.54) is 12.0 Å². The zero-order valence-electron chi connectivity index (χ0n) is 13.2. The van der Waals surface area contributed by atoms with Gasteiger partial charge in [-0.25, -0.2) is 0 Å². The van der Waals surface area contributed by atoms with Gasteiger partial charge in [-0.05, 0) is 67.8 Å². The van der Waals surface area contributed by atoms with E-state index in [1.54, 1.807) is 0 Å². The third-order valence-corrected chi connectivity index (χ3v) is 7.35. The summed E-state index contributed by atoms with van der Waals surface area (Å²) in [6.45, 7) is 4.61. The predicted octanol–water partition coefficient (Wildman–Crippen LogP) is 3.94. The molecular formula is C19H26O2. The molecule has 0 bridgehead atoms. The van der Waals surface area contributed by atoms with Crippen molar-refractivity contribution in [2.45, 2.75) is 58.8 Å². The highest BCUT2D eigenvalue weighted by Crippen LogP contribution is 2.61. The Morgan fingerprint density at radius 2 is 1.95 bits per heavy atom. The second-order valence-corrected chi connectivity index (χ2v) is 8.28. The topological polar surface area (TPSA) is 34.1 Å². The summed E-state index contributed by atoms with van der Waals surface area (Å²) in [5.74, 6) is 4.20. The maximum atomic E-state index is 12.4. The molecule has 0 aromatic carbocycles. The van der Waals surface area contributed by atoms with Gasteiger partial charge in [-0.1, -0.05) is 19.4 Å². The average Bonchev–Trinajstić information content (AvgIpc) is 2.74. The quantitative estimate of drug-likeness (QED) is 0.676. The van der Waals surface area contributed by atoms with E-state index in [2.05, 4.69) is 13.8 Å². The molecule has 3 unspecified atom stereocenters. The first-order valence-corrected chi connectivity index (χ1v) is 8.77. The van der Waals surface area contributed by atoms with Crippen molar-refractivity contribution in [3.63, 3.8) is 0 Å². The maximum Gasteiger partial charge on any atom is 0.155 e. The fourth-order valence-electron chi connectivity index (χ4n) is 6.36. The van der Waals surface area contributed by atoms with E-state index in [9.17, 15) is 9.59 Å². The molecule has 0 aromatic heterocycles. The van der Waals surface area contributed by atoms with Crippen LogP contribution in [-0.4, -0.2) is 11.6 Å². The number of rotatable bonds is 0. The molecule has 0 heterocycles. The molecule has 4 aliphatic rings. The van der Waals surface area contributed by atoms with E-state index in [0.717, 1.165) is 44.4 Å². The van der Waals surface area contributed by atoms with Crippen LogP contribution >= 0.6 is 0 Å². The molecule has 0 aliphatic heterocycles. The minimum Gasteiger partial charge on any atom is -0.299 e. The molecule has 0 aromatic rings. The molecule has 114 valence electrons. The van der Waals surface area contributed by atoms with Crippen molar-refractivity contribution in [1.29, 1.82) is 0 Å². The van der Waals surface area contributed by atoms with Crippen molar-refractivity contribution >= 4 is 11.6 Å². The predicted molar refractivity (Wildman–Crippen MR) is 81.6 cm³/mol. The molecule has 6 atom stereocenters. The minimum atomic E-state index is -0.0267. The van der Waals surface area contributed by atoms with Gasteiger partial charge in [-0.15, -0.1) is 0 Å². The molecule has 0 N–H and O–H groups in total. The molecule has 4 rings (SSSR count). The molecule has 0 saturated heterocycles. The normalized spacial score (nSPS) is 49.2. The van der Waals surface area contributed by atoms with Crippen molar-refractivity contribution in [3.8, 4) is 0 Å². The number of ketones is 2. The van der Waals surface area contributed by atoms with Crippen molar-refractivity contribution in [1.82, 2.24) is 0 Å². The molecule has 3 saturated carbocycles. The van der Waals surface area contributed by atoms with Gasteiger partial charge in [-0.2, -0.15) is 0 Å². The summed E-state index contributed by atoms with van der Waals surface area (Å²) in [6, 6.07) is 0. The Morgan fingerprint density at radius 1 is 1.14 bits per heavy atom. The number of fused-ring (bicyclic) bond motifs is 5. The van der Waals surface area contributed by atoms with Gasteiger partial charge >= 0.3 is 0 Å². The SMILES string of the molecule is C[C@@H]1CC2=CC(=O)CC[C@@H]2C2CC[C@]3(C)C(=O)CCC3C21. The number of carbonyl (C=O) groups is 2. The van der Waals surface area contributed by atoms with Gasteiger partial charge in [-0.3, -0.25) is 9.59 Å². The van der Waals surface area contributed by atoms with Crippen LogP contribution in [-0.2, 0) is 9.59 Å². The van der Waals surface area contributed by atoms with Crippen LogP contribution in [0.2, 0.25) is 0 Å². The lowest BCUT2D eigenvalue weighted by molar-refractivity contribution is -0.132. The zero-order valence-corrected chi connectivity index (χ0v) is 13.2. The number of Topliss-reactive ketones (excluding diaryl/α,β-unsaturated/α-hetero) is 1. The molecule has 4 aliphatic carbocycles. The standard InChI is InChI=1S/C19H26O2/c1-11-9-12-10-13(20)3-4-14(12)15-7-8-19(2)16(18(11)15)5-6-17(19)21/h10-11,14-16,18H,3-9H2,1-2H3/t11-,14+,15?,16?,18?,19+/m1/s1. The van der Waals surface area contributed by atoms with E-state index in [-0.39, 0.29) is 5.41 Å². The average molecular weight is 286 g/mol. The third kappa shape index (κ3) is 1.83. The van der Waals surface area contributed by atoms with E-state index < -0.39 is 0 Å². The Hall–Kier alpha value is -0.920. The summed E-state index contributed by atoms with van der Waals surface area (Å²) >= 11 is 0. The van der Waals surface area contributed by atoms with Crippen molar-refractivity contribution in [2.24, 2.45) is 35.0 Å². The lowest BCUT2D eigenvalue weighted by atomic mass is 9.50. The van der Waals surface area contributed by atoms with Gasteiger partial charge in [0.25, 0.3) is 0 Å². The Bertz CT molecular complexity index is 532. The third-order valence-electron chi connectivity index (χ3n) is 7.35. The second-order valence-electron chi connectivity index (χ2n) is 8.28. The molecule has 0 amide bonds. The van der Waals surface area contributed by atoms with Crippen molar-refractivity contribution < 1.29 is 9.59 Å². The molecule has 0 spiro atoms. The van der Waals surface area contributed by atoms with Crippen LogP contribution in [0.5, 0.6) is 0 Å². The molecule has 2 heteroatoms. The van der Waals surface area contributed by atoms with Crippen LogP contribution < -0.4 is 0 Å². The fourth-order valence-corrected chi connectivity index (χ4v) is 6.36.